The van der Waals surface area contributed by atoms with E-state index in [1.807, 2.05) is 42.5 Å². The van der Waals surface area contributed by atoms with Gasteiger partial charge in [-0.3, -0.25) is 4.79 Å². The molecule has 0 amide bonds. The van der Waals surface area contributed by atoms with E-state index < -0.39 is 0 Å². The lowest BCUT2D eigenvalue weighted by Gasteiger charge is -2.32. The molecule has 2 aromatic rings. The Morgan fingerprint density at radius 3 is 3.00 bits per heavy atom. The van der Waals surface area contributed by atoms with Crippen LogP contribution in [0.3, 0.4) is 0 Å². The van der Waals surface area contributed by atoms with Crippen molar-refractivity contribution in [3.05, 3.63) is 58.7 Å². The maximum Gasteiger partial charge on any atom is 0.311 e. The summed E-state index contributed by atoms with van der Waals surface area (Å²) in [5, 5.41) is 0. The second-order valence-electron chi connectivity index (χ2n) is 5.71. The summed E-state index contributed by atoms with van der Waals surface area (Å²) >= 11 is 3.43. The fourth-order valence-corrected chi connectivity index (χ4v) is 3.26. The van der Waals surface area contributed by atoms with Gasteiger partial charge in [0.15, 0.2) is 0 Å². The molecular formula is C18H19BrN2O2. The van der Waals surface area contributed by atoms with Crippen LogP contribution in [0.2, 0.25) is 0 Å². The average Bonchev–Trinajstić information content (AvgIpc) is 2.61. The van der Waals surface area contributed by atoms with Gasteiger partial charge in [0.1, 0.15) is 12.4 Å². The second kappa shape index (κ2) is 7.59. The summed E-state index contributed by atoms with van der Waals surface area (Å²) in [5.41, 5.74) is 0.991. The van der Waals surface area contributed by atoms with Gasteiger partial charge >= 0.3 is 5.97 Å². The van der Waals surface area contributed by atoms with Crippen molar-refractivity contribution in [3.8, 4) is 0 Å². The maximum absolute atomic E-state index is 12.4. The lowest BCUT2D eigenvalue weighted by atomic mass is 9.98. The zero-order valence-corrected chi connectivity index (χ0v) is 14.4. The predicted molar refractivity (Wildman–Crippen MR) is 93.1 cm³/mol. The smallest absolute Gasteiger partial charge is 0.311 e. The molecule has 5 heteroatoms. The summed E-state index contributed by atoms with van der Waals surface area (Å²) in [6, 6.07) is 13.7. The van der Waals surface area contributed by atoms with E-state index in [-0.39, 0.29) is 11.9 Å². The van der Waals surface area contributed by atoms with E-state index in [0.717, 1.165) is 35.2 Å². The van der Waals surface area contributed by atoms with E-state index in [2.05, 4.69) is 25.8 Å². The molecule has 1 fully saturated rings. The highest BCUT2D eigenvalue weighted by atomic mass is 79.9. The van der Waals surface area contributed by atoms with Crippen LogP contribution in [0.15, 0.2) is 53.1 Å². The molecule has 4 nitrogen and oxygen atoms in total. The fraction of sp³-hybridized carbons (Fsp3) is 0.333. The SMILES string of the molecule is O=C(OCc1cccc(Br)c1)C1CCCN(c2ccccn2)C1. The number of hydrogen-bond donors (Lipinski definition) is 0. The van der Waals surface area contributed by atoms with Gasteiger partial charge in [0, 0.05) is 23.8 Å². The first kappa shape index (κ1) is 16.0. The van der Waals surface area contributed by atoms with Crippen LogP contribution in [0.5, 0.6) is 0 Å². The van der Waals surface area contributed by atoms with Crippen molar-refractivity contribution in [2.75, 3.05) is 18.0 Å². The minimum absolute atomic E-state index is 0.0853. The van der Waals surface area contributed by atoms with E-state index in [9.17, 15) is 4.79 Å². The normalized spacial score (nSPS) is 17.8. The third kappa shape index (κ3) is 4.32. The largest absolute Gasteiger partial charge is 0.461 e. The highest BCUT2D eigenvalue weighted by Gasteiger charge is 2.27. The Labute approximate surface area is 144 Å². The fourth-order valence-electron chi connectivity index (χ4n) is 2.82. The molecule has 2 heterocycles. The van der Waals surface area contributed by atoms with E-state index >= 15 is 0 Å². The van der Waals surface area contributed by atoms with Gasteiger partial charge in [-0.05, 0) is 42.7 Å². The van der Waals surface area contributed by atoms with Crippen molar-refractivity contribution >= 4 is 27.7 Å². The number of esters is 1. The third-order valence-corrected chi connectivity index (χ3v) is 4.49. The summed E-state index contributed by atoms with van der Waals surface area (Å²) in [4.78, 5) is 18.9. The molecular weight excluding hydrogens is 356 g/mol. The van der Waals surface area contributed by atoms with Gasteiger partial charge < -0.3 is 9.64 Å². The van der Waals surface area contributed by atoms with Gasteiger partial charge in [0.2, 0.25) is 0 Å². The number of pyridine rings is 1. The molecule has 0 bridgehead atoms. The number of halogens is 1. The first-order valence-corrected chi connectivity index (χ1v) is 8.59. The maximum atomic E-state index is 12.4. The van der Waals surface area contributed by atoms with Crippen LogP contribution in [0.25, 0.3) is 0 Å². The van der Waals surface area contributed by atoms with Crippen molar-refractivity contribution in [1.29, 1.82) is 0 Å². The predicted octanol–water partition coefficient (Wildman–Crippen LogP) is 3.80. The molecule has 0 spiro atoms. The van der Waals surface area contributed by atoms with Crippen LogP contribution in [-0.4, -0.2) is 24.0 Å². The molecule has 1 unspecified atom stereocenters. The molecule has 1 aliphatic rings. The Balaban J connectivity index is 1.57. The zero-order chi connectivity index (χ0) is 16.1. The molecule has 120 valence electrons. The molecule has 0 N–H and O–H groups in total. The number of nitrogens with zero attached hydrogens (tertiary/aromatic N) is 2. The number of rotatable bonds is 4. The molecule has 0 radical (unpaired) electrons. The number of benzene rings is 1. The van der Waals surface area contributed by atoms with E-state index in [1.165, 1.54) is 0 Å². The van der Waals surface area contributed by atoms with Crippen molar-refractivity contribution in [3.63, 3.8) is 0 Å². The van der Waals surface area contributed by atoms with Crippen molar-refractivity contribution in [1.82, 2.24) is 4.98 Å². The monoisotopic (exact) mass is 374 g/mol. The lowest BCUT2D eigenvalue weighted by Crippen LogP contribution is -2.39. The first-order chi connectivity index (χ1) is 11.2. The lowest BCUT2D eigenvalue weighted by molar-refractivity contribution is -0.150. The van der Waals surface area contributed by atoms with Gasteiger partial charge in [-0.25, -0.2) is 4.98 Å². The quantitative estimate of drug-likeness (QED) is 0.763. The van der Waals surface area contributed by atoms with Crippen LogP contribution >= 0.6 is 15.9 Å². The summed E-state index contributed by atoms with van der Waals surface area (Å²) in [7, 11) is 0. The Morgan fingerprint density at radius 2 is 2.22 bits per heavy atom. The summed E-state index contributed by atoms with van der Waals surface area (Å²) in [6.45, 7) is 1.93. The molecule has 1 aromatic heterocycles. The van der Waals surface area contributed by atoms with Gasteiger partial charge in [0.25, 0.3) is 0 Å². The van der Waals surface area contributed by atoms with E-state index in [4.69, 9.17) is 4.74 Å². The molecule has 1 atom stereocenters. The Bertz CT molecular complexity index is 663. The van der Waals surface area contributed by atoms with Gasteiger partial charge in [-0.15, -0.1) is 0 Å². The Morgan fingerprint density at radius 1 is 1.30 bits per heavy atom. The van der Waals surface area contributed by atoms with E-state index in [1.54, 1.807) is 6.20 Å². The van der Waals surface area contributed by atoms with Crippen molar-refractivity contribution < 1.29 is 9.53 Å². The molecule has 1 aliphatic heterocycles. The van der Waals surface area contributed by atoms with Crippen LogP contribution in [0.1, 0.15) is 18.4 Å². The summed E-state index contributed by atoms with van der Waals surface area (Å²) in [5.74, 6) is 0.723. The highest BCUT2D eigenvalue weighted by Crippen LogP contribution is 2.22. The van der Waals surface area contributed by atoms with Crippen LogP contribution in [0, 0.1) is 5.92 Å². The van der Waals surface area contributed by atoms with Gasteiger partial charge in [0.05, 0.1) is 5.92 Å². The van der Waals surface area contributed by atoms with Crippen LogP contribution in [-0.2, 0) is 16.1 Å². The number of anilines is 1. The molecule has 1 saturated heterocycles. The Hall–Kier alpha value is -1.88. The number of hydrogen-bond acceptors (Lipinski definition) is 4. The molecule has 0 aliphatic carbocycles. The standard InChI is InChI=1S/C18H19BrN2O2/c19-16-7-3-5-14(11-16)13-23-18(22)15-6-4-10-21(12-15)17-8-1-2-9-20-17/h1-3,5,7-9,11,15H,4,6,10,12-13H2. The molecule has 0 saturated carbocycles. The molecule has 1 aromatic carbocycles. The molecule has 23 heavy (non-hydrogen) atoms. The van der Waals surface area contributed by atoms with Crippen LogP contribution < -0.4 is 4.90 Å². The second-order valence-corrected chi connectivity index (χ2v) is 6.63. The van der Waals surface area contributed by atoms with Gasteiger partial charge in [-0.2, -0.15) is 0 Å². The summed E-state index contributed by atoms with van der Waals surface area (Å²) < 4.78 is 6.49. The topological polar surface area (TPSA) is 42.4 Å². The number of ether oxygens (including phenoxy) is 1. The minimum Gasteiger partial charge on any atom is -0.461 e. The van der Waals surface area contributed by atoms with Gasteiger partial charge in [-0.1, -0.05) is 34.1 Å². The summed E-state index contributed by atoms with van der Waals surface area (Å²) in [6.07, 6.45) is 3.64. The Kier molecular flexibility index (Phi) is 5.28. The van der Waals surface area contributed by atoms with Crippen molar-refractivity contribution in [2.24, 2.45) is 5.92 Å². The average molecular weight is 375 g/mol. The number of carbonyl (C=O) groups excluding carboxylic acids is 1. The molecule has 3 rings (SSSR count). The zero-order valence-electron chi connectivity index (χ0n) is 12.8. The number of carbonyl (C=O) groups is 1. The minimum atomic E-state index is -0.120. The highest BCUT2D eigenvalue weighted by molar-refractivity contribution is 9.10. The third-order valence-electron chi connectivity index (χ3n) is 4.00. The first-order valence-electron chi connectivity index (χ1n) is 7.79. The van der Waals surface area contributed by atoms with Crippen LogP contribution in [0.4, 0.5) is 5.82 Å². The number of piperidine rings is 1. The number of aromatic nitrogens is 1. The van der Waals surface area contributed by atoms with E-state index in [0.29, 0.717) is 13.2 Å². The van der Waals surface area contributed by atoms with Crippen molar-refractivity contribution in [2.45, 2.75) is 19.4 Å².